The van der Waals surface area contributed by atoms with E-state index in [2.05, 4.69) is 22.4 Å². The molecule has 0 atom stereocenters. The molecule has 0 aliphatic heterocycles. The van der Waals surface area contributed by atoms with Crippen molar-refractivity contribution in [2.24, 2.45) is 0 Å². The van der Waals surface area contributed by atoms with Crippen LogP contribution in [0.3, 0.4) is 0 Å². The first-order valence-corrected chi connectivity index (χ1v) is 8.94. The first kappa shape index (κ1) is 16.5. The van der Waals surface area contributed by atoms with E-state index < -0.39 is 0 Å². The fourth-order valence-electron chi connectivity index (χ4n) is 2.26. The van der Waals surface area contributed by atoms with Gasteiger partial charge in [-0.15, -0.1) is 11.3 Å². The molecule has 0 spiro atoms. The van der Waals surface area contributed by atoms with Crippen LogP contribution in [0.4, 0.5) is 0 Å². The molecule has 0 unspecified atom stereocenters. The first-order valence-electron chi connectivity index (χ1n) is 7.37. The second-order valence-corrected chi connectivity index (χ2v) is 7.11. The molecule has 0 aliphatic rings. The molecule has 0 saturated carbocycles. The van der Waals surface area contributed by atoms with Crippen LogP contribution >= 0.6 is 34.5 Å². The van der Waals surface area contributed by atoms with Crippen molar-refractivity contribution in [3.05, 3.63) is 75.3 Å². The third-order valence-corrected chi connectivity index (χ3v) is 5.08. The Bertz CT molecular complexity index is 769. The molecular formula is C18H16Cl2N2S. The molecule has 0 aliphatic carbocycles. The predicted molar refractivity (Wildman–Crippen MR) is 99.4 cm³/mol. The summed E-state index contributed by atoms with van der Waals surface area (Å²) in [6, 6.07) is 15.8. The first-order chi connectivity index (χ1) is 11.2. The zero-order valence-corrected chi connectivity index (χ0v) is 14.8. The summed E-state index contributed by atoms with van der Waals surface area (Å²) in [6.07, 6.45) is 2.86. The molecule has 2 nitrogen and oxygen atoms in total. The molecule has 23 heavy (non-hydrogen) atoms. The van der Waals surface area contributed by atoms with Crippen molar-refractivity contribution in [3.63, 3.8) is 0 Å². The Labute approximate surface area is 150 Å². The van der Waals surface area contributed by atoms with Crippen molar-refractivity contribution in [1.29, 1.82) is 0 Å². The highest BCUT2D eigenvalue weighted by molar-refractivity contribution is 7.15. The van der Waals surface area contributed by atoms with Gasteiger partial charge in [0.25, 0.3) is 0 Å². The highest BCUT2D eigenvalue weighted by Gasteiger charge is 2.07. The number of rotatable bonds is 6. The molecule has 118 valence electrons. The van der Waals surface area contributed by atoms with Crippen LogP contribution in [0.25, 0.3) is 10.4 Å². The SMILES string of the molecule is Clc1ccc(CCNCc2ncc(-c3ccccc3Cl)s2)cc1. The zero-order chi connectivity index (χ0) is 16.1. The molecule has 1 aromatic heterocycles. The number of thiazole rings is 1. The van der Waals surface area contributed by atoms with E-state index in [1.165, 1.54) is 5.56 Å². The lowest BCUT2D eigenvalue weighted by Crippen LogP contribution is -2.16. The van der Waals surface area contributed by atoms with Crippen LogP contribution in [-0.2, 0) is 13.0 Å². The van der Waals surface area contributed by atoms with Gasteiger partial charge < -0.3 is 5.32 Å². The van der Waals surface area contributed by atoms with Gasteiger partial charge in [-0.25, -0.2) is 4.98 Å². The van der Waals surface area contributed by atoms with Crippen molar-refractivity contribution in [2.75, 3.05) is 6.54 Å². The Kier molecular flexibility index (Phi) is 5.68. The maximum atomic E-state index is 6.23. The maximum absolute atomic E-state index is 6.23. The van der Waals surface area contributed by atoms with Crippen molar-refractivity contribution in [2.45, 2.75) is 13.0 Å². The van der Waals surface area contributed by atoms with Gasteiger partial charge in [0.1, 0.15) is 5.01 Å². The number of nitrogens with zero attached hydrogens (tertiary/aromatic N) is 1. The number of benzene rings is 2. The fraction of sp³-hybridized carbons (Fsp3) is 0.167. The Morgan fingerprint density at radius 3 is 2.57 bits per heavy atom. The minimum absolute atomic E-state index is 0.762. The van der Waals surface area contributed by atoms with E-state index in [0.717, 1.165) is 45.0 Å². The van der Waals surface area contributed by atoms with Crippen molar-refractivity contribution >= 4 is 34.5 Å². The summed E-state index contributed by atoms with van der Waals surface area (Å²) in [5, 5.41) is 6.03. The van der Waals surface area contributed by atoms with E-state index in [4.69, 9.17) is 23.2 Å². The minimum atomic E-state index is 0.762. The maximum Gasteiger partial charge on any atom is 0.107 e. The largest absolute Gasteiger partial charge is 0.310 e. The van der Waals surface area contributed by atoms with Crippen LogP contribution in [0.1, 0.15) is 10.6 Å². The van der Waals surface area contributed by atoms with Gasteiger partial charge in [0.2, 0.25) is 0 Å². The van der Waals surface area contributed by atoms with Gasteiger partial charge in [-0.2, -0.15) is 0 Å². The Hall–Kier alpha value is -1.39. The van der Waals surface area contributed by atoms with Crippen molar-refractivity contribution < 1.29 is 0 Å². The number of hydrogen-bond acceptors (Lipinski definition) is 3. The summed E-state index contributed by atoms with van der Waals surface area (Å²) in [5.74, 6) is 0. The minimum Gasteiger partial charge on any atom is -0.310 e. The topological polar surface area (TPSA) is 24.9 Å². The van der Waals surface area contributed by atoms with Crippen molar-refractivity contribution in [3.8, 4) is 10.4 Å². The number of aromatic nitrogens is 1. The van der Waals surface area contributed by atoms with Gasteiger partial charge in [0, 0.05) is 28.4 Å². The zero-order valence-electron chi connectivity index (χ0n) is 12.4. The standard InChI is InChI=1S/C18H16Cl2N2S/c19-14-7-5-13(6-8-14)9-10-21-12-18-22-11-17(23-18)15-3-1-2-4-16(15)20/h1-8,11,21H,9-10,12H2. The average molecular weight is 363 g/mol. The summed E-state index contributed by atoms with van der Waals surface area (Å²) in [7, 11) is 0. The van der Waals surface area contributed by atoms with E-state index >= 15 is 0 Å². The molecule has 0 saturated heterocycles. The van der Waals surface area contributed by atoms with Gasteiger partial charge in [0.05, 0.1) is 4.88 Å². The van der Waals surface area contributed by atoms with Gasteiger partial charge in [-0.3, -0.25) is 0 Å². The van der Waals surface area contributed by atoms with Crippen LogP contribution < -0.4 is 5.32 Å². The van der Waals surface area contributed by atoms with Gasteiger partial charge in [0.15, 0.2) is 0 Å². The predicted octanol–water partition coefficient (Wildman–Crippen LogP) is 5.45. The molecule has 0 fully saturated rings. The van der Waals surface area contributed by atoms with E-state index in [1.54, 1.807) is 11.3 Å². The summed E-state index contributed by atoms with van der Waals surface area (Å²) in [6.45, 7) is 1.67. The molecule has 0 radical (unpaired) electrons. The summed E-state index contributed by atoms with van der Waals surface area (Å²) >= 11 is 13.8. The molecular weight excluding hydrogens is 347 g/mol. The molecule has 2 aromatic carbocycles. The van der Waals surface area contributed by atoms with Crippen LogP contribution in [0.5, 0.6) is 0 Å². The summed E-state index contributed by atoms with van der Waals surface area (Å²) < 4.78 is 0. The lowest BCUT2D eigenvalue weighted by molar-refractivity contribution is 0.684. The molecule has 0 amide bonds. The van der Waals surface area contributed by atoms with E-state index in [1.807, 2.05) is 42.6 Å². The number of nitrogens with one attached hydrogen (secondary N) is 1. The third kappa shape index (κ3) is 4.55. The van der Waals surface area contributed by atoms with Gasteiger partial charge >= 0.3 is 0 Å². The van der Waals surface area contributed by atoms with E-state index in [-0.39, 0.29) is 0 Å². The second-order valence-electron chi connectivity index (χ2n) is 5.15. The van der Waals surface area contributed by atoms with E-state index in [9.17, 15) is 0 Å². The molecule has 3 rings (SSSR count). The summed E-state index contributed by atoms with van der Waals surface area (Å²) in [4.78, 5) is 5.57. The molecule has 1 heterocycles. The second kappa shape index (κ2) is 7.93. The lowest BCUT2D eigenvalue weighted by Gasteiger charge is -2.03. The van der Waals surface area contributed by atoms with Gasteiger partial charge in [-0.1, -0.05) is 53.5 Å². The normalized spacial score (nSPS) is 10.9. The quantitative estimate of drug-likeness (QED) is 0.589. The van der Waals surface area contributed by atoms with Crippen molar-refractivity contribution in [1.82, 2.24) is 10.3 Å². The Balaban J connectivity index is 1.52. The van der Waals surface area contributed by atoms with Crippen LogP contribution in [-0.4, -0.2) is 11.5 Å². The Morgan fingerprint density at radius 1 is 1.00 bits per heavy atom. The highest BCUT2D eigenvalue weighted by atomic mass is 35.5. The number of halogens is 2. The van der Waals surface area contributed by atoms with Gasteiger partial charge in [-0.05, 0) is 36.7 Å². The highest BCUT2D eigenvalue weighted by Crippen LogP contribution is 2.31. The molecule has 1 N–H and O–H groups in total. The third-order valence-electron chi connectivity index (χ3n) is 3.47. The summed E-state index contributed by atoms with van der Waals surface area (Å²) in [5.41, 5.74) is 2.32. The fourth-order valence-corrected chi connectivity index (χ4v) is 3.60. The number of hydrogen-bond donors (Lipinski definition) is 1. The molecule has 0 bridgehead atoms. The smallest absolute Gasteiger partial charge is 0.107 e. The van der Waals surface area contributed by atoms with Crippen LogP contribution in [0.15, 0.2) is 54.7 Å². The molecule has 3 aromatic rings. The lowest BCUT2D eigenvalue weighted by atomic mass is 10.1. The Morgan fingerprint density at radius 2 is 1.78 bits per heavy atom. The monoisotopic (exact) mass is 362 g/mol. The van der Waals surface area contributed by atoms with Crippen LogP contribution in [0.2, 0.25) is 10.0 Å². The average Bonchev–Trinajstić information content (AvgIpc) is 3.02. The van der Waals surface area contributed by atoms with Crippen LogP contribution in [0, 0.1) is 0 Å². The molecule has 5 heteroatoms. The van der Waals surface area contributed by atoms with E-state index in [0.29, 0.717) is 0 Å².